The molecule has 1 saturated heterocycles. The highest BCUT2D eigenvalue weighted by atomic mass is 32.2. The fraction of sp³-hybridized carbons (Fsp3) is 0.400. The van der Waals surface area contributed by atoms with Crippen molar-refractivity contribution in [1.82, 2.24) is 8.61 Å². The van der Waals surface area contributed by atoms with Crippen LogP contribution in [0.3, 0.4) is 0 Å². The molecule has 0 radical (unpaired) electrons. The lowest BCUT2D eigenvalue weighted by atomic mass is 9.87. The number of hydrogen-bond acceptors (Lipinski definition) is 4. The third-order valence-corrected chi connectivity index (χ3v) is 10.8. The second kappa shape index (κ2) is 11.7. The van der Waals surface area contributed by atoms with E-state index in [4.69, 9.17) is 0 Å². The van der Waals surface area contributed by atoms with Gasteiger partial charge < -0.3 is 0 Å². The quantitative estimate of drug-likeness (QED) is 0.345. The number of sulfonamides is 2. The highest BCUT2D eigenvalue weighted by molar-refractivity contribution is 7.89. The van der Waals surface area contributed by atoms with Gasteiger partial charge in [0.15, 0.2) is 0 Å². The SMILES string of the molecule is CC(C)(C)c1ccc(CN(Cc2ccccc2)S(=O)(=O)c2ccc(S(=O)(=O)N3CCCCCC3)cc2)cc1. The summed E-state index contributed by atoms with van der Waals surface area (Å²) in [5.74, 6) is 0. The van der Waals surface area contributed by atoms with E-state index in [2.05, 4.69) is 20.8 Å². The number of rotatable bonds is 8. The Morgan fingerprint density at radius 1 is 0.658 bits per heavy atom. The lowest BCUT2D eigenvalue weighted by Gasteiger charge is -2.24. The Balaban J connectivity index is 1.62. The molecule has 1 fully saturated rings. The summed E-state index contributed by atoms with van der Waals surface area (Å²) in [7, 11) is -7.56. The molecule has 0 atom stereocenters. The lowest BCUT2D eigenvalue weighted by molar-refractivity contribution is 0.401. The standard InChI is InChI=1S/C30H38N2O4S2/c1-30(2,3)27-15-13-26(14-16-27)24-32(23-25-11-7-6-8-12-25)38(35,36)29-19-17-28(18-20-29)37(33,34)31-21-9-4-5-10-22-31/h6-8,11-20H,4-5,9-10,21-24H2,1-3H3. The van der Waals surface area contributed by atoms with Gasteiger partial charge in [0.25, 0.3) is 0 Å². The summed E-state index contributed by atoms with van der Waals surface area (Å²) in [6, 6.07) is 23.2. The lowest BCUT2D eigenvalue weighted by Crippen LogP contribution is -2.32. The van der Waals surface area contributed by atoms with Crippen molar-refractivity contribution in [2.45, 2.75) is 74.7 Å². The predicted molar refractivity (Wildman–Crippen MR) is 152 cm³/mol. The summed E-state index contributed by atoms with van der Waals surface area (Å²) >= 11 is 0. The Kier molecular flexibility index (Phi) is 8.77. The minimum absolute atomic E-state index is 0.00371. The van der Waals surface area contributed by atoms with Gasteiger partial charge in [-0.2, -0.15) is 8.61 Å². The van der Waals surface area contributed by atoms with Gasteiger partial charge in [0.2, 0.25) is 20.0 Å². The molecule has 0 unspecified atom stereocenters. The molecule has 6 nitrogen and oxygen atoms in total. The molecule has 1 aliphatic rings. The summed E-state index contributed by atoms with van der Waals surface area (Å²) in [4.78, 5) is 0.209. The van der Waals surface area contributed by atoms with Gasteiger partial charge in [0.1, 0.15) is 0 Å². The van der Waals surface area contributed by atoms with Crippen molar-refractivity contribution >= 4 is 20.0 Å². The zero-order valence-corrected chi connectivity index (χ0v) is 24.1. The summed E-state index contributed by atoms with van der Waals surface area (Å²) in [5.41, 5.74) is 2.95. The number of hydrogen-bond donors (Lipinski definition) is 0. The van der Waals surface area contributed by atoms with Crippen molar-refractivity contribution in [3.05, 3.63) is 95.6 Å². The van der Waals surface area contributed by atoms with Crippen LogP contribution in [0.2, 0.25) is 0 Å². The maximum absolute atomic E-state index is 13.8. The molecule has 0 N–H and O–H groups in total. The molecular formula is C30H38N2O4S2. The van der Waals surface area contributed by atoms with Crippen LogP contribution in [-0.2, 0) is 38.6 Å². The largest absolute Gasteiger partial charge is 0.243 e. The maximum Gasteiger partial charge on any atom is 0.243 e. The highest BCUT2D eigenvalue weighted by Crippen LogP contribution is 2.27. The topological polar surface area (TPSA) is 74.8 Å². The molecule has 1 heterocycles. The molecule has 0 bridgehead atoms. The van der Waals surface area contributed by atoms with Crippen LogP contribution >= 0.6 is 0 Å². The van der Waals surface area contributed by atoms with E-state index in [-0.39, 0.29) is 28.3 Å². The molecule has 1 aliphatic heterocycles. The van der Waals surface area contributed by atoms with Crippen molar-refractivity contribution in [2.24, 2.45) is 0 Å². The number of nitrogens with zero attached hydrogens (tertiary/aromatic N) is 2. The monoisotopic (exact) mass is 554 g/mol. The van der Waals surface area contributed by atoms with Gasteiger partial charge in [-0.1, -0.05) is 88.2 Å². The van der Waals surface area contributed by atoms with Crippen molar-refractivity contribution in [2.75, 3.05) is 13.1 Å². The van der Waals surface area contributed by atoms with Gasteiger partial charge in [-0.3, -0.25) is 0 Å². The average molecular weight is 555 g/mol. The summed E-state index contributed by atoms with van der Waals surface area (Å²) in [6.07, 6.45) is 3.74. The average Bonchev–Trinajstić information content (AvgIpc) is 3.19. The molecule has 38 heavy (non-hydrogen) atoms. The van der Waals surface area contributed by atoms with Crippen molar-refractivity contribution in [1.29, 1.82) is 0 Å². The van der Waals surface area contributed by atoms with Crippen molar-refractivity contribution in [3.63, 3.8) is 0 Å². The van der Waals surface area contributed by atoms with E-state index < -0.39 is 20.0 Å². The molecule has 204 valence electrons. The van der Waals surface area contributed by atoms with Crippen LogP contribution in [0.5, 0.6) is 0 Å². The molecule has 3 aromatic carbocycles. The maximum atomic E-state index is 13.8. The van der Waals surface area contributed by atoms with Crippen LogP contribution < -0.4 is 0 Å². The molecule has 0 saturated carbocycles. The number of benzene rings is 3. The van der Waals surface area contributed by atoms with E-state index in [1.54, 1.807) is 0 Å². The fourth-order valence-corrected chi connectivity index (χ4v) is 7.62. The first kappa shape index (κ1) is 28.5. The van der Waals surface area contributed by atoms with Gasteiger partial charge in [0.05, 0.1) is 9.79 Å². The van der Waals surface area contributed by atoms with Gasteiger partial charge >= 0.3 is 0 Å². The third-order valence-electron chi connectivity index (χ3n) is 7.04. The Morgan fingerprint density at radius 3 is 1.68 bits per heavy atom. The second-order valence-electron chi connectivity index (χ2n) is 11.0. The Hall–Kier alpha value is -2.52. The van der Waals surface area contributed by atoms with Crippen molar-refractivity contribution < 1.29 is 16.8 Å². The molecule has 4 rings (SSSR count). The molecule has 3 aromatic rings. The Morgan fingerprint density at radius 2 is 1.16 bits per heavy atom. The second-order valence-corrected chi connectivity index (χ2v) is 14.9. The smallest absolute Gasteiger partial charge is 0.207 e. The van der Waals surface area contributed by atoms with Gasteiger partial charge in [-0.05, 0) is 59.2 Å². The van der Waals surface area contributed by atoms with Gasteiger partial charge in [0, 0.05) is 26.2 Å². The molecule has 0 aliphatic carbocycles. The van der Waals surface area contributed by atoms with Gasteiger partial charge in [-0.15, -0.1) is 0 Å². The summed E-state index contributed by atoms with van der Waals surface area (Å²) in [5, 5.41) is 0. The zero-order chi connectivity index (χ0) is 27.4. The first-order valence-corrected chi connectivity index (χ1v) is 16.1. The van der Waals surface area contributed by atoms with Crippen LogP contribution in [0.1, 0.15) is 63.1 Å². The Bertz CT molecular complexity index is 1400. The van der Waals surface area contributed by atoms with E-state index in [1.165, 1.54) is 38.4 Å². The van der Waals surface area contributed by atoms with E-state index in [0.717, 1.165) is 36.8 Å². The first-order valence-electron chi connectivity index (χ1n) is 13.2. The predicted octanol–water partition coefficient (Wildman–Crippen LogP) is 5.94. The molecular weight excluding hydrogens is 516 g/mol. The van der Waals surface area contributed by atoms with Crippen LogP contribution in [0.4, 0.5) is 0 Å². The minimum Gasteiger partial charge on any atom is -0.207 e. The zero-order valence-electron chi connectivity index (χ0n) is 22.5. The van der Waals surface area contributed by atoms with E-state index >= 15 is 0 Å². The third kappa shape index (κ3) is 6.72. The van der Waals surface area contributed by atoms with E-state index in [0.29, 0.717) is 13.1 Å². The fourth-order valence-electron chi connectivity index (χ4n) is 4.69. The summed E-state index contributed by atoms with van der Waals surface area (Å²) in [6.45, 7) is 7.84. The molecule has 0 amide bonds. The van der Waals surface area contributed by atoms with Crippen LogP contribution in [0.25, 0.3) is 0 Å². The Labute approximate surface area is 228 Å². The summed E-state index contributed by atoms with van der Waals surface area (Å²) < 4.78 is 57.0. The van der Waals surface area contributed by atoms with Crippen LogP contribution in [0, 0.1) is 0 Å². The normalized spacial score (nSPS) is 15.9. The first-order chi connectivity index (χ1) is 18.0. The molecule has 0 spiro atoms. The molecule has 0 aromatic heterocycles. The van der Waals surface area contributed by atoms with Gasteiger partial charge in [-0.25, -0.2) is 16.8 Å². The van der Waals surface area contributed by atoms with E-state index in [9.17, 15) is 16.8 Å². The van der Waals surface area contributed by atoms with Crippen molar-refractivity contribution in [3.8, 4) is 0 Å². The minimum atomic E-state index is -3.90. The molecule has 8 heteroatoms. The van der Waals surface area contributed by atoms with Crippen LogP contribution in [0.15, 0.2) is 88.7 Å². The van der Waals surface area contributed by atoms with Crippen LogP contribution in [-0.4, -0.2) is 38.5 Å². The highest BCUT2D eigenvalue weighted by Gasteiger charge is 2.28. The van der Waals surface area contributed by atoms with E-state index in [1.807, 2.05) is 54.6 Å².